The summed E-state index contributed by atoms with van der Waals surface area (Å²) in [6.07, 6.45) is 0.265. The van der Waals surface area contributed by atoms with E-state index in [0.717, 1.165) is 6.07 Å². The molecule has 0 aromatic heterocycles. The van der Waals surface area contributed by atoms with Crippen LogP contribution in [0.2, 0.25) is 0 Å². The number of rotatable bonds is 2. The Labute approximate surface area is 131 Å². The molecule has 0 saturated heterocycles. The molecule has 0 bridgehead atoms. The molecule has 1 aliphatic rings. The lowest BCUT2D eigenvalue weighted by Gasteiger charge is -2.21. The fourth-order valence-corrected chi connectivity index (χ4v) is 2.79. The number of hydrogen-bond donors (Lipinski definition) is 3. The SMILES string of the molecule is CC/C(=N\O)c1cc(O)c2c(c1O)C(=O)c1ccccc1C2=O. The monoisotopic (exact) mass is 311 g/mol. The summed E-state index contributed by atoms with van der Waals surface area (Å²) < 4.78 is 0. The number of hydrogen-bond acceptors (Lipinski definition) is 6. The average molecular weight is 311 g/mol. The highest BCUT2D eigenvalue weighted by Crippen LogP contribution is 2.40. The Morgan fingerprint density at radius 2 is 1.61 bits per heavy atom. The van der Waals surface area contributed by atoms with Crippen LogP contribution in [0.1, 0.15) is 50.8 Å². The van der Waals surface area contributed by atoms with Gasteiger partial charge in [-0.25, -0.2) is 0 Å². The Kier molecular flexibility index (Phi) is 3.37. The van der Waals surface area contributed by atoms with Gasteiger partial charge in [-0.1, -0.05) is 36.3 Å². The minimum atomic E-state index is -0.557. The zero-order valence-electron chi connectivity index (χ0n) is 12.2. The first-order chi connectivity index (χ1) is 11.0. The van der Waals surface area contributed by atoms with Gasteiger partial charge in [0.25, 0.3) is 0 Å². The fourth-order valence-electron chi connectivity index (χ4n) is 2.79. The van der Waals surface area contributed by atoms with Crippen LogP contribution >= 0.6 is 0 Å². The average Bonchev–Trinajstić information content (AvgIpc) is 2.56. The van der Waals surface area contributed by atoms with E-state index in [0.29, 0.717) is 0 Å². The molecule has 116 valence electrons. The maximum absolute atomic E-state index is 12.7. The van der Waals surface area contributed by atoms with Crippen LogP contribution in [0.5, 0.6) is 11.5 Å². The van der Waals surface area contributed by atoms with Crippen LogP contribution in [0.25, 0.3) is 0 Å². The van der Waals surface area contributed by atoms with Crippen molar-refractivity contribution in [3.63, 3.8) is 0 Å². The third-order valence-corrected chi connectivity index (χ3v) is 3.92. The summed E-state index contributed by atoms with van der Waals surface area (Å²) in [6, 6.07) is 7.35. The third kappa shape index (κ3) is 1.99. The molecule has 23 heavy (non-hydrogen) atoms. The van der Waals surface area contributed by atoms with Gasteiger partial charge in [0.05, 0.1) is 16.8 Å². The number of aromatic hydroxyl groups is 2. The molecule has 6 heteroatoms. The summed E-state index contributed by atoms with van der Waals surface area (Å²) in [5.74, 6) is -2.00. The Balaban J connectivity index is 2.36. The van der Waals surface area contributed by atoms with Gasteiger partial charge < -0.3 is 15.4 Å². The van der Waals surface area contributed by atoms with Crippen molar-refractivity contribution >= 4 is 17.3 Å². The maximum atomic E-state index is 12.7. The van der Waals surface area contributed by atoms with Crippen molar-refractivity contribution < 1.29 is 25.0 Å². The largest absolute Gasteiger partial charge is 0.507 e. The van der Waals surface area contributed by atoms with E-state index in [2.05, 4.69) is 5.16 Å². The molecule has 0 amide bonds. The zero-order valence-corrected chi connectivity index (χ0v) is 12.2. The van der Waals surface area contributed by atoms with Crippen LogP contribution in [0.15, 0.2) is 35.5 Å². The summed E-state index contributed by atoms with van der Waals surface area (Å²) >= 11 is 0. The summed E-state index contributed by atoms with van der Waals surface area (Å²) in [7, 11) is 0. The van der Waals surface area contributed by atoms with E-state index in [1.807, 2.05) is 0 Å². The molecule has 0 spiro atoms. The molecule has 6 nitrogen and oxygen atoms in total. The highest BCUT2D eigenvalue weighted by atomic mass is 16.4. The van der Waals surface area contributed by atoms with Crippen molar-refractivity contribution in [1.29, 1.82) is 0 Å². The number of nitrogens with zero attached hydrogens (tertiary/aromatic N) is 1. The fraction of sp³-hybridized carbons (Fsp3) is 0.118. The normalized spacial score (nSPS) is 13.7. The van der Waals surface area contributed by atoms with Gasteiger partial charge in [0, 0.05) is 16.7 Å². The second kappa shape index (κ2) is 5.24. The highest BCUT2D eigenvalue weighted by Gasteiger charge is 2.35. The topological polar surface area (TPSA) is 107 Å². The molecule has 0 atom stereocenters. The van der Waals surface area contributed by atoms with Crippen molar-refractivity contribution in [2.75, 3.05) is 0 Å². The molecule has 2 aromatic carbocycles. The van der Waals surface area contributed by atoms with E-state index in [4.69, 9.17) is 5.21 Å². The predicted octanol–water partition coefficient (Wildman–Crippen LogP) is 2.46. The number of carbonyl (C=O) groups is 2. The zero-order chi connectivity index (χ0) is 16.7. The molecular weight excluding hydrogens is 298 g/mol. The lowest BCUT2D eigenvalue weighted by Crippen LogP contribution is -2.22. The van der Waals surface area contributed by atoms with Crippen molar-refractivity contribution in [2.24, 2.45) is 5.16 Å². The van der Waals surface area contributed by atoms with E-state index in [9.17, 15) is 19.8 Å². The first kappa shape index (κ1) is 14.8. The second-order valence-corrected chi connectivity index (χ2v) is 5.15. The Bertz CT molecular complexity index is 883. The van der Waals surface area contributed by atoms with Gasteiger partial charge in [-0.3, -0.25) is 9.59 Å². The van der Waals surface area contributed by atoms with E-state index in [1.165, 1.54) is 12.1 Å². The van der Waals surface area contributed by atoms with Gasteiger partial charge in [-0.15, -0.1) is 0 Å². The van der Waals surface area contributed by atoms with Crippen LogP contribution in [0, 0.1) is 0 Å². The minimum Gasteiger partial charge on any atom is -0.507 e. The molecule has 0 aliphatic heterocycles. The molecule has 3 rings (SSSR count). The van der Waals surface area contributed by atoms with E-state index >= 15 is 0 Å². The molecule has 0 fully saturated rings. The predicted molar refractivity (Wildman–Crippen MR) is 81.7 cm³/mol. The van der Waals surface area contributed by atoms with Gasteiger partial charge in [0.1, 0.15) is 11.5 Å². The quantitative estimate of drug-likeness (QED) is 0.292. The number of fused-ring (bicyclic) bond motifs is 2. The smallest absolute Gasteiger partial charge is 0.198 e. The molecule has 2 aromatic rings. The molecule has 0 unspecified atom stereocenters. The molecule has 0 saturated carbocycles. The van der Waals surface area contributed by atoms with Crippen molar-refractivity contribution in [1.82, 2.24) is 0 Å². The summed E-state index contributed by atoms with van der Waals surface area (Å²) in [6.45, 7) is 1.69. The number of phenols is 2. The number of oxime groups is 1. The third-order valence-electron chi connectivity index (χ3n) is 3.92. The van der Waals surface area contributed by atoms with Gasteiger partial charge in [-0.05, 0) is 12.5 Å². The number of phenolic OH excluding ortho intramolecular Hbond substituents is 2. The van der Waals surface area contributed by atoms with E-state index < -0.39 is 23.1 Å². The maximum Gasteiger partial charge on any atom is 0.198 e. The van der Waals surface area contributed by atoms with Crippen LogP contribution in [-0.2, 0) is 0 Å². The lowest BCUT2D eigenvalue weighted by atomic mass is 9.81. The summed E-state index contributed by atoms with van der Waals surface area (Å²) in [4.78, 5) is 25.2. The Morgan fingerprint density at radius 1 is 1.04 bits per heavy atom. The van der Waals surface area contributed by atoms with Crippen molar-refractivity contribution in [3.05, 3.63) is 58.1 Å². The summed E-state index contributed by atoms with van der Waals surface area (Å²) in [5.41, 5.74) is -0.0389. The van der Waals surface area contributed by atoms with Gasteiger partial charge in [0.2, 0.25) is 0 Å². The van der Waals surface area contributed by atoms with Crippen molar-refractivity contribution in [2.45, 2.75) is 13.3 Å². The first-order valence-electron chi connectivity index (χ1n) is 6.99. The first-order valence-corrected chi connectivity index (χ1v) is 6.99. The Morgan fingerprint density at radius 3 is 2.13 bits per heavy atom. The highest BCUT2D eigenvalue weighted by molar-refractivity contribution is 6.31. The molecule has 1 aliphatic carbocycles. The van der Waals surface area contributed by atoms with Crippen LogP contribution in [0.4, 0.5) is 0 Å². The van der Waals surface area contributed by atoms with Crippen LogP contribution < -0.4 is 0 Å². The molecule has 0 heterocycles. The summed E-state index contributed by atoms with van der Waals surface area (Å²) in [5, 5.41) is 32.7. The van der Waals surface area contributed by atoms with Gasteiger partial charge in [-0.2, -0.15) is 0 Å². The molecule has 3 N–H and O–H groups in total. The standard InChI is InChI=1S/C17H13NO5/c1-2-11(18-23)10-7-12(19)13-14(17(10)22)16(21)9-6-4-3-5-8(9)15(13)20/h3-7,19,22-23H,2H2,1H3/b18-11+. The van der Waals surface area contributed by atoms with Crippen LogP contribution in [0.3, 0.4) is 0 Å². The minimum absolute atomic E-state index is 0.0202. The van der Waals surface area contributed by atoms with Gasteiger partial charge in [0.15, 0.2) is 11.6 Å². The van der Waals surface area contributed by atoms with E-state index in [1.54, 1.807) is 19.1 Å². The number of benzene rings is 2. The molecule has 0 radical (unpaired) electrons. The number of carbonyl (C=O) groups excluding carboxylic acids is 2. The second-order valence-electron chi connectivity index (χ2n) is 5.15. The van der Waals surface area contributed by atoms with Crippen LogP contribution in [-0.4, -0.2) is 32.7 Å². The number of ketones is 2. The Hall–Kier alpha value is -3.15. The van der Waals surface area contributed by atoms with Crippen molar-refractivity contribution in [3.8, 4) is 11.5 Å². The molecular formula is C17H13NO5. The van der Waals surface area contributed by atoms with E-state index in [-0.39, 0.29) is 39.9 Å². The van der Waals surface area contributed by atoms with Gasteiger partial charge >= 0.3 is 0 Å². The lowest BCUT2D eigenvalue weighted by molar-refractivity contribution is 0.0974.